The molecular weight excluding hydrogens is 222 g/mol. The van der Waals surface area contributed by atoms with E-state index in [-0.39, 0.29) is 6.61 Å². The minimum absolute atomic E-state index is 0.245. The van der Waals surface area contributed by atoms with Gasteiger partial charge in [-0.15, -0.1) is 0 Å². The van der Waals surface area contributed by atoms with Crippen LogP contribution in [0, 0.1) is 0 Å². The van der Waals surface area contributed by atoms with Gasteiger partial charge in [0.25, 0.3) is 0 Å². The van der Waals surface area contributed by atoms with Gasteiger partial charge in [-0.25, -0.2) is 0 Å². The van der Waals surface area contributed by atoms with Gasteiger partial charge in [-0.05, 0) is 25.0 Å². The smallest absolute Gasteiger partial charge is 0.0617 e. The van der Waals surface area contributed by atoms with Crippen LogP contribution < -0.4 is 5.73 Å². The zero-order chi connectivity index (χ0) is 11.8. The molecule has 90 valence electrons. The van der Waals surface area contributed by atoms with Gasteiger partial charge in [-0.2, -0.15) is 0 Å². The highest BCUT2D eigenvalue weighted by atomic mass is 32.2. The van der Waals surface area contributed by atoms with Crippen LogP contribution in [0.4, 0.5) is 5.69 Å². The van der Waals surface area contributed by atoms with Gasteiger partial charge >= 0.3 is 0 Å². The SMILES string of the molecule is Nc1ccccc1S(=O)CCCCCCO. The fourth-order valence-corrected chi connectivity index (χ4v) is 2.74. The predicted octanol–water partition coefficient (Wildman–Crippen LogP) is 1.93. The molecule has 4 heteroatoms. The third-order valence-corrected chi connectivity index (χ3v) is 3.92. The van der Waals surface area contributed by atoms with E-state index >= 15 is 0 Å². The van der Waals surface area contributed by atoms with Crippen molar-refractivity contribution in [1.29, 1.82) is 0 Å². The Kier molecular flexibility index (Phi) is 6.11. The molecule has 3 nitrogen and oxygen atoms in total. The lowest BCUT2D eigenvalue weighted by Crippen LogP contribution is -2.02. The van der Waals surface area contributed by atoms with E-state index < -0.39 is 10.8 Å². The van der Waals surface area contributed by atoms with E-state index in [0.717, 1.165) is 30.6 Å². The molecule has 0 fully saturated rings. The second kappa shape index (κ2) is 7.41. The molecule has 16 heavy (non-hydrogen) atoms. The summed E-state index contributed by atoms with van der Waals surface area (Å²) in [5, 5.41) is 8.61. The molecule has 3 N–H and O–H groups in total. The fourth-order valence-electron chi connectivity index (χ4n) is 1.50. The molecule has 1 unspecified atom stereocenters. The van der Waals surface area contributed by atoms with Crippen LogP contribution in [0.5, 0.6) is 0 Å². The molecule has 0 aromatic heterocycles. The number of hydrogen-bond acceptors (Lipinski definition) is 3. The summed E-state index contributed by atoms with van der Waals surface area (Å²) >= 11 is 0. The second-order valence-electron chi connectivity index (χ2n) is 3.73. The maximum atomic E-state index is 11.9. The molecule has 1 aromatic carbocycles. The van der Waals surface area contributed by atoms with Crippen LogP contribution in [0.15, 0.2) is 29.2 Å². The molecular formula is C12H19NO2S. The molecule has 0 heterocycles. The lowest BCUT2D eigenvalue weighted by atomic mass is 10.2. The summed E-state index contributed by atoms with van der Waals surface area (Å²) in [5.74, 6) is 0.652. The summed E-state index contributed by atoms with van der Waals surface area (Å²) in [5.41, 5.74) is 6.35. The van der Waals surface area contributed by atoms with Crippen LogP contribution in [0.3, 0.4) is 0 Å². The van der Waals surface area contributed by atoms with Crippen molar-refractivity contribution in [2.75, 3.05) is 18.1 Å². The Morgan fingerprint density at radius 3 is 2.50 bits per heavy atom. The molecule has 1 rings (SSSR count). The maximum absolute atomic E-state index is 11.9. The molecule has 0 aliphatic carbocycles. The summed E-state index contributed by atoms with van der Waals surface area (Å²) in [7, 11) is -0.988. The number of benzene rings is 1. The normalized spacial score (nSPS) is 12.6. The standard InChI is InChI=1S/C12H19NO2S/c13-11-7-3-4-8-12(11)16(15)10-6-2-1-5-9-14/h3-4,7-8,14H,1-2,5-6,9-10,13H2. The fraction of sp³-hybridized carbons (Fsp3) is 0.500. The number of nitrogens with two attached hydrogens (primary N) is 1. The first kappa shape index (κ1) is 13.2. The molecule has 0 saturated carbocycles. The zero-order valence-corrected chi connectivity index (χ0v) is 10.2. The quantitative estimate of drug-likeness (QED) is 0.566. The summed E-state index contributed by atoms with van der Waals surface area (Å²) in [4.78, 5) is 0.740. The minimum Gasteiger partial charge on any atom is -0.398 e. The second-order valence-corrected chi connectivity index (χ2v) is 5.26. The van der Waals surface area contributed by atoms with Crippen molar-refractivity contribution in [2.45, 2.75) is 30.6 Å². The molecule has 0 saturated heterocycles. The Balaban J connectivity index is 2.33. The first-order valence-corrected chi connectivity index (χ1v) is 6.91. The predicted molar refractivity (Wildman–Crippen MR) is 67.7 cm³/mol. The van der Waals surface area contributed by atoms with Gasteiger partial charge in [0.05, 0.1) is 15.7 Å². The third kappa shape index (κ3) is 4.33. The van der Waals surface area contributed by atoms with E-state index in [9.17, 15) is 4.21 Å². The maximum Gasteiger partial charge on any atom is 0.0617 e. The highest BCUT2D eigenvalue weighted by molar-refractivity contribution is 7.85. The lowest BCUT2D eigenvalue weighted by molar-refractivity contribution is 0.283. The van der Waals surface area contributed by atoms with Gasteiger partial charge in [0.15, 0.2) is 0 Å². The largest absolute Gasteiger partial charge is 0.398 e. The molecule has 0 radical (unpaired) electrons. The van der Waals surface area contributed by atoms with E-state index in [1.54, 1.807) is 6.07 Å². The van der Waals surface area contributed by atoms with Crippen molar-refractivity contribution in [2.24, 2.45) is 0 Å². The Morgan fingerprint density at radius 2 is 1.81 bits per heavy atom. The zero-order valence-electron chi connectivity index (χ0n) is 9.39. The van der Waals surface area contributed by atoms with Crippen molar-refractivity contribution < 1.29 is 9.32 Å². The van der Waals surface area contributed by atoms with Gasteiger partial charge in [0, 0.05) is 18.0 Å². The first-order valence-electron chi connectivity index (χ1n) is 5.59. The van der Waals surface area contributed by atoms with Crippen LogP contribution in [-0.4, -0.2) is 21.7 Å². The Hall–Kier alpha value is -0.870. The number of unbranched alkanes of at least 4 members (excludes halogenated alkanes) is 3. The van der Waals surface area contributed by atoms with Gasteiger partial charge in [-0.1, -0.05) is 25.0 Å². The average Bonchev–Trinajstić information content (AvgIpc) is 2.29. The Labute approximate surface area is 99.1 Å². The van der Waals surface area contributed by atoms with E-state index in [2.05, 4.69) is 0 Å². The van der Waals surface area contributed by atoms with Crippen LogP contribution in [0.2, 0.25) is 0 Å². The summed E-state index contributed by atoms with van der Waals surface area (Å²) in [6, 6.07) is 7.30. The Morgan fingerprint density at radius 1 is 1.12 bits per heavy atom. The molecule has 0 amide bonds. The molecule has 0 aliphatic rings. The van der Waals surface area contributed by atoms with E-state index in [1.165, 1.54) is 0 Å². The molecule has 0 aliphatic heterocycles. The first-order chi connectivity index (χ1) is 7.75. The average molecular weight is 241 g/mol. The lowest BCUT2D eigenvalue weighted by Gasteiger charge is -2.05. The van der Waals surface area contributed by atoms with E-state index in [4.69, 9.17) is 10.8 Å². The molecule has 0 bridgehead atoms. The van der Waals surface area contributed by atoms with Crippen molar-refractivity contribution in [3.05, 3.63) is 24.3 Å². The summed E-state index contributed by atoms with van der Waals surface area (Å²) in [6.07, 6.45) is 3.76. The number of para-hydroxylation sites is 1. The number of rotatable bonds is 7. The highest BCUT2D eigenvalue weighted by Crippen LogP contribution is 2.16. The summed E-state index contributed by atoms with van der Waals surface area (Å²) in [6.45, 7) is 0.245. The van der Waals surface area contributed by atoms with E-state index in [0.29, 0.717) is 11.4 Å². The van der Waals surface area contributed by atoms with Gasteiger partial charge in [0.1, 0.15) is 0 Å². The van der Waals surface area contributed by atoms with Crippen molar-refractivity contribution in [1.82, 2.24) is 0 Å². The number of nitrogen functional groups attached to an aromatic ring is 1. The third-order valence-electron chi connectivity index (χ3n) is 2.40. The Bertz CT molecular complexity index is 342. The monoisotopic (exact) mass is 241 g/mol. The number of hydrogen-bond donors (Lipinski definition) is 2. The van der Waals surface area contributed by atoms with Crippen molar-refractivity contribution in [3.63, 3.8) is 0 Å². The van der Waals surface area contributed by atoms with Crippen LogP contribution in [0.25, 0.3) is 0 Å². The van der Waals surface area contributed by atoms with Crippen molar-refractivity contribution >= 4 is 16.5 Å². The number of aliphatic hydroxyl groups is 1. The van der Waals surface area contributed by atoms with Crippen LogP contribution in [0.1, 0.15) is 25.7 Å². The molecule has 1 atom stereocenters. The van der Waals surface area contributed by atoms with Gasteiger partial charge in [0.2, 0.25) is 0 Å². The topological polar surface area (TPSA) is 63.3 Å². The number of aliphatic hydroxyl groups excluding tert-OH is 1. The van der Waals surface area contributed by atoms with Gasteiger partial charge in [-0.3, -0.25) is 4.21 Å². The van der Waals surface area contributed by atoms with E-state index in [1.807, 2.05) is 18.2 Å². The minimum atomic E-state index is -0.988. The number of anilines is 1. The highest BCUT2D eigenvalue weighted by Gasteiger charge is 2.06. The molecule has 1 aromatic rings. The van der Waals surface area contributed by atoms with Crippen molar-refractivity contribution in [3.8, 4) is 0 Å². The van der Waals surface area contributed by atoms with Crippen LogP contribution >= 0.6 is 0 Å². The van der Waals surface area contributed by atoms with Crippen LogP contribution in [-0.2, 0) is 10.8 Å². The van der Waals surface area contributed by atoms with Gasteiger partial charge < -0.3 is 10.8 Å². The summed E-state index contributed by atoms with van der Waals surface area (Å²) < 4.78 is 11.9. The molecule has 0 spiro atoms.